The van der Waals surface area contributed by atoms with Gasteiger partial charge in [-0.3, -0.25) is 9.69 Å². The Labute approximate surface area is 157 Å². The van der Waals surface area contributed by atoms with E-state index in [1.807, 2.05) is 62.4 Å². The average Bonchev–Trinajstić information content (AvgIpc) is 3.13. The van der Waals surface area contributed by atoms with Crippen LogP contribution in [-0.2, 0) is 16.1 Å². The molecule has 0 bridgehead atoms. The summed E-state index contributed by atoms with van der Waals surface area (Å²) in [5, 5.41) is 2.95. The van der Waals surface area contributed by atoms with E-state index in [1.165, 1.54) is 4.90 Å². The highest BCUT2D eigenvalue weighted by molar-refractivity contribution is 7.99. The van der Waals surface area contributed by atoms with Gasteiger partial charge in [0.2, 0.25) is 5.91 Å². The topological polar surface area (TPSA) is 58.6 Å². The van der Waals surface area contributed by atoms with Gasteiger partial charge < -0.3 is 10.1 Å². The van der Waals surface area contributed by atoms with Gasteiger partial charge in [0.05, 0.1) is 5.88 Å². The Kier molecular flexibility index (Phi) is 5.83. The van der Waals surface area contributed by atoms with Crippen LogP contribution in [0.1, 0.15) is 16.7 Å². The van der Waals surface area contributed by atoms with Crippen molar-refractivity contribution in [2.45, 2.75) is 26.5 Å². The molecule has 1 atom stereocenters. The Morgan fingerprint density at radius 2 is 1.96 bits per heavy atom. The molecular formula is C20H22N2O3S. The van der Waals surface area contributed by atoms with Gasteiger partial charge in [0.15, 0.2) is 0 Å². The predicted molar refractivity (Wildman–Crippen MR) is 104 cm³/mol. The Morgan fingerprint density at radius 3 is 2.73 bits per heavy atom. The number of rotatable bonds is 4. The molecule has 136 valence electrons. The van der Waals surface area contributed by atoms with Gasteiger partial charge in [0, 0.05) is 11.4 Å². The van der Waals surface area contributed by atoms with E-state index in [2.05, 4.69) is 5.32 Å². The zero-order valence-electron chi connectivity index (χ0n) is 14.9. The lowest BCUT2D eigenvalue weighted by Crippen LogP contribution is -2.44. The lowest BCUT2D eigenvalue weighted by Gasteiger charge is -2.23. The first-order valence-electron chi connectivity index (χ1n) is 8.48. The van der Waals surface area contributed by atoms with Crippen molar-refractivity contribution in [3.63, 3.8) is 0 Å². The van der Waals surface area contributed by atoms with Crippen LogP contribution in [-0.4, -0.2) is 34.6 Å². The summed E-state index contributed by atoms with van der Waals surface area (Å²) >= 11 is 1.55. The number of hydrogen-bond acceptors (Lipinski definition) is 4. The third-order valence-electron chi connectivity index (χ3n) is 4.28. The summed E-state index contributed by atoms with van der Waals surface area (Å²) in [7, 11) is 0. The van der Waals surface area contributed by atoms with Crippen LogP contribution in [0.4, 0.5) is 10.5 Å². The SMILES string of the molecule is Cc1ccc(C)c(NC(=O)[C@H]2CSCN2C(=O)OCc2ccccc2)c1. The fourth-order valence-electron chi connectivity index (χ4n) is 2.73. The molecule has 5 nitrogen and oxygen atoms in total. The Bertz CT molecular complexity index is 795. The number of benzene rings is 2. The van der Waals surface area contributed by atoms with E-state index in [9.17, 15) is 9.59 Å². The monoisotopic (exact) mass is 370 g/mol. The maximum absolute atomic E-state index is 12.7. The minimum absolute atomic E-state index is 0.180. The molecule has 0 spiro atoms. The third-order valence-corrected chi connectivity index (χ3v) is 5.29. The van der Waals surface area contributed by atoms with E-state index in [1.54, 1.807) is 11.8 Å². The molecule has 0 aliphatic carbocycles. The van der Waals surface area contributed by atoms with Gasteiger partial charge in [-0.2, -0.15) is 0 Å². The summed E-state index contributed by atoms with van der Waals surface area (Å²) in [6, 6.07) is 14.9. The van der Waals surface area contributed by atoms with Crippen molar-refractivity contribution in [2.24, 2.45) is 0 Å². The van der Waals surface area contributed by atoms with Crippen molar-refractivity contribution >= 4 is 29.4 Å². The first-order valence-corrected chi connectivity index (χ1v) is 9.63. The van der Waals surface area contributed by atoms with E-state index in [4.69, 9.17) is 4.74 Å². The number of nitrogens with one attached hydrogen (secondary N) is 1. The number of nitrogens with zero attached hydrogens (tertiary/aromatic N) is 1. The van der Waals surface area contributed by atoms with Crippen LogP contribution >= 0.6 is 11.8 Å². The van der Waals surface area contributed by atoms with Crippen molar-refractivity contribution in [1.82, 2.24) is 4.90 Å². The minimum atomic E-state index is -0.525. The number of aryl methyl sites for hydroxylation is 2. The van der Waals surface area contributed by atoms with Gasteiger partial charge in [-0.1, -0.05) is 42.5 Å². The van der Waals surface area contributed by atoms with Gasteiger partial charge in [0.1, 0.15) is 12.6 Å². The highest BCUT2D eigenvalue weighted by Gasteiger charge is 2.35. The first-order chi connectivity index (χ1) is 12.5. The van der Waals surface area contributed by atoms with E-state index < -0.39 is 12.1 Å². The molecule has 0 saturated carbocycles. The summed E-state index contributed by atoms with van der Waals surface area (Å²) in [5.41, 5.74) is 3.77. The third kappa shape index (κ3) is 4.38. The quantitative estimate of drug-likeness (QED) is 0.885. The zero-order valence-corrected chi connectivity index (χ0v) is 15.7. The van der Waals surface area contributed by atoms with Crippen molar-refractivity contribution in [3.8, 4) is 0 Å². The first kappa shape index (κ1) is 18.3. The number of thioether (sulfide) groups is 1. The molecule has 1 heterocycles. The van der Waals surface area contributed by atoms with Gasteiger partial charge in [-0.05, 0) is 36.6 Å². The molecule has 0 aromatic heterocycles. The maximum Gasteiger partial charge on any atom is 0.411 e. The van der Waals surface area contributed by atoms with Crippen LogP contribution in [0.25, 0.3) is 0 Å². The molecule has 1 aliphatic rings. The fourth-order valence-corrected chi connectivity index (χ4v) is 3.87. The Balaban J connectivity index is 1.62. The molecule has 2 aromatic carbocycles. The van der Waals surface area contributed by atoms with E-state index in [0.717, 1.165) is 22.4 Å². The standard InChI is InChI=1S/C20H22N2O3S/c1-14-8-9-15(2)17(10-14)21-19(23)18-12-26-13-22(18)20(24)25-11-16-6-4-3-5-7-16/h3-10,18H,11-13H2,1-2H3,(H,21,23)/t18-/m1/s1. The zero-order chi connectivity index (χ0) is 18.5. The molecule has 0 unspecified atom stereocenters. The molecule has 6 heteroatoms. The van der Waals surface area contributed by atoms with Gasteiger partial charge in [-0.25, -0.2) is 4.79 Å². The lowest BCUT2D eigenvalue weighted by atomic mass is 10.1. The van der Waals surface area contributed by atoms with Crippen LogP contribution in [0, 0.1) is 13.8 Å². The van der Waals surface area contributed by atoms with Crippen molar-refractivity contribution in [2.75, 3.05) is 16.9 Å². The van der Waals surface area contributed by atoms with Gasteiger partial charge in [0.25, 0.3) is 0 Å². The van der Waals surface area contributed by atoms with Gasteiger partial charge >= 0.3 is 6.09 Å². The lowest BCUT2D eigenvalue weighted by molar-refractivity contribution is -0.119. The highest BCUT2D eigenvalue weighted by atomic mass is 32.2. The van der Waals surface area contributed by atoms with Crippen LogP contribution in [0.5, 0.6) is 0 Å². The highest BCUT2D eigenvalue weighted by Crippen LogP contribution is 2.24. The second-order valence-corrected chi connectivity index (χ2v) is 7.33. The van der Waals surface area contributed by atoms with E-state index >= 15 is 0 Å². The van der Waals surface area contributed by atoms with Crippen LogP contribution in [0.3, 0.4) is 0 Å². The molecular weight excluding hydrogens is 348 g/mol. The Hall–Kier alpha value is -2.47. The number of ether oxygens (including phenoxy) is 1. The molecule has 1 saturated heterocycles. The molecule has 1 aliphatic heterocycles. The molecule has 26 heavy (non-hydrogen) atoms. The summed E-state index contributed by atoms with van der Waals surface area (Å²) in [4.78, 5) is 26.6. The number of carbonyl (C=O) groups is 2. The van der Waals surface area contributed by atoms with Crippen molar-refractivity contribution < 1.29 is 14.3 Å². The maximum atomic E-state index is 12.7. The smallest absolute Gasteiger partial charge is 0.411 e. The second kappa shape index (κ2) is 8.27. The number of hydrogen-bond donors (Lipinski definition) is 1. The van der Waals surface area contributed by atoms with Gasteiger partial charge in [-0.15, -0.1) is 11.8 Å². The largest absolute Gasteiger partial charge is 0.445 e. The summed E-state index contributed by atoms with van der Waals surface area (Å²) in [6.45, 7) is 4.13. The summed E-state index contributed by atoms with van der Waals surface area (Å²) in [5.74, 6) is 0.843. The molecule has 0 radical (unpaired) electrons. The molecule has 3 rings (SSSR count). The van der Waals surface area contributed by atoms with Crippen LogP contribution < -0.4 is 5.32 Å². The molecule has 2 aromatic rings. The Morgan fingerprint density at radius 1 is 1.19 bits per heavy atom. The average molecular weight is 370 g/mol. The second-order valence-electron chi connectivity index (χ2n) is 6.33. The van der Waals surface area contributed by atoms with Crippen molar-refractivity contribution in [3.05, 3.63) is 65.2 Å². The van der Waals surface area contributed by atoms with Crippen LogP contribution in [0.15, 0.2) is 48.5 Å². The predicted octanol–water partition coefficient (Wildman–Crippen LogP) is 3.95. The molecule has 1 N–H and O–H groups in total. The number of amides is 2. The summed E-state index contributed by atoms with van der Waals surface area (Å²) < 4.78 is 5.38. The van der Waals surface area contributed by atoms with Crippen molar-refractivity contribution in [1.29, 1.82) is 0 Å². The fraction of sp³-hybridized carbons (Fsp3) is 0.300. The normalized spacial score (nSPS) is 16.4. The number of anilines is 1. The minimum Gasteiger partial charge on any atom is -0.445 e. The molecule has 2 amide bonds. The summed E-state index contributed by atoms with van der Waals surface area (Å²) in [6.07, 6.45) is -0.458. The van der Waals surface area contributed by atoms with E-state index in [0.29, 0.717) is 11.6 Å². The number of carbonyl (C=O) groups excluding carboxylic acids is 2. The molecule has 1 fully saturated rings. The van der Waals surface area contributed by atoms with E-state index in [-0.39, 0.29) is 12.5 Å². The van der Waals surface area contributed by atoms with Crippen LogP contribution in [0.2, 0.25) is 0 Å².